The third kappa shape index (κ3) is 6.72. The largest absolute Gasteiger partial charge is 0.491 e. The molecule has 0 unspecified atom stereocenters. The first-order valence-corrected chi connectivity index (χ1v) is 8.57. The van der Waals surface area contributed by atoms with Crippen molar-refractivity contribution in [3.63, 3.8) is 0 Å². The second kappa shape index (κ2) is 10.0. The van der Waals surface area contributed by atoms with Crippen LogP contribution in [0.25, 0.3) is 0 Å². The van der Waals surface area contributed by atoms with Gasteiger partial charge in [-0.3, -0.25) is 9.69 Å². The van der Waals surface area contributed by atoms with E-state index in [1.165, 1.54) is 12.1 Å². The maximum atomic E-state index is 12.9. The number of carbonyl (C=O) groups is 1. The molecule has 0 aliphatic carbocycles. The second-order valence-corrected chi connectivity index (χ2v) is 5.96. The molecule has 1 amide bonds. The van der Waals surface area contributed by atoms with Crippen LogP contribution >= 0.6 is 11.6 Å². The maximum absolute atomic E-state index is 12.9. The van der Waals surface area contributed by atoms with Crippen LogP contribution < -0.4 is 10.1 Å². The molecule has 134 valence electrons. The van der Waals surface area contributed by atoms with E-state index in [-0.39, 0.29) is 18.3 Å². The van der Waals surface area contributed by atoms with Crippen molar-refractivity contribution < 1.29 is 13.9 Å². The predicted octanol–water partition coefficient (Wildman–Crippen LogP) is 3.50. The van der Waals surface area contributed by atoms with Gasteiger partial charge in [0.15, 0.2) is 0 Å². The van der Waals surface area contributed by atoms with Gasteiger partial charge in [-0.2, -0.15) is 0 Å². The van der Waals surface area contributed by atoms with E-state index in [0.717, 1.165) is 12.1 Å². The standard InChI is InChI=1S/C19H22ClFN2O2/c1-2-23(11-12-25-18-6-4-3-5-17(18)20)14-19(24)22-13-15-7-9-16(21)10-8-15/h3-10H,2,11-14H2,1H3,(H,22,24). The van der Waals surface area contributed by atoms with Gasteiger partial charge in [0.2, 0.25) is 5.91 Å². The molecule has 2 rings (SSSR count). The molecule has 0 atom stereocenters. The van der Waals surface area contributed by atoms with E-state index >= 15 is 0 Å². The minimum absolute atomic E-state index is 0.0797. The van der Waals surface area contributed by atoms with Crippen LogP contribution in [0.5, 0.6) is 5.75 Å². The number of likely N-dealkylation sites (N-methyl/N-ethyl adjacent to an activating group) is 1. The fourth-order valence-electron chi connectivity index (χ4n) is 2.26. The number of para-hydroxylation sites is 1. The molecule has 0 fully saturated rings. The molecule has 25 heavy (non-hydrogen) atoms. The lowest BCUT2D eigenvalue weighted by molar-refractivity contribution is -0.122. The molecule has 0 aliphatic rings. The summed E-state index contributed by atoms with van der Waals surface area (Å²) in [6.45, 7) is 4.45. The van der Waals surface area contributed by atoms with Crippen LogP contribution in [0.2, 0.25) is 5.02 Å². The van der Waals surface area contributed by atoms with Crippen molar-refractivity contribution in [1.29, 1.82) is 0 Å². The van der Waals surface area contributed by atoms with Crippen LogP contribution in [0.3, 0.4) is 0 Å². The van der Waals surface area contributed by atoms with Gasteiger partial charge in [-0.05, 0) is 36.4 Å². The lowest BCUT2D eigenvalue weighted by Crippen LogP contribution is -2.38. The normalized spacial score (nSPS) is 10.7. The van der Waals surface area contributed by atoms with Crippen molar-refractivity contribution in [3.05, 3.63) is 64.9 Å². The Bertz CT molecular complexity index is 679. The summed E-state index contributed by atoms with van der Waals surface area (Å²) in [7, 11) is 0. The Morgan fingerprint density at radius 2 is 1.92 bits per heavy atom. The molecule has 2 aromatic carbocycles. The molecule has 1 N–H and O–H groups in total. The van der Waals surface area contributed by atoms with E-state index < -0.39 is 0 Å². The molecule has 0 saturated heterocycles. The summed E-state index contributed by atoms with van der Waals surface area (Å²) in [6.07, 6.45) is 0. The summed E-state index contributed by atoms with van der Waals surface area (Å²) >= 11 is 6.04. The van der Waals surface area contributed by atoms with E-state index in [0.29, 0.717) is 30.5 Å². The zero-order valence-electron chi connectivity index (χ0n) is 14.2. The Morgan fingerprint density at radius 1 is 1.20 bits per heavy atom. The number of benzene rings is 2. The smallest absolute Gasteiger partial charge is 0.234 e. The molecular formula is C19H22ClFN2O2. The molecule has 0 saturated carbocycles. The highest BCUT2D eigenvalue weighted by Gasteiger charge is 2.09. The number of ether oxygens (including phenoxy) is 1. The second-order valence-electron chi connectivity index (χ2n) is 5.55. The average Bonchev–Trinajstić information content (AvgIpc) is 2.62. The van der Waals surface area contributed by atoms with Crippen LogP contribution in [0.1, 0.15) is 12.5 Å². The summed E-state index contributed by atoms with van der Waals surface area (Å²) in [5, 5.41) is 3.41. The molecule has 0 heterocycles. The quantitative estimate of drug-likeness (QED) is 0.740. The average molecular weight is 365 g/mol. The Hall–Kier alpha value is -2.11. The SMILES string of the molecule is CCN(CCOc1ccccc1Cl)CC(=O)NCc1ccc(F)cc1. The van der Waals surface area contributed by atoms with Crippen LogP contribution in [-0.2, 0) is 11.3 Å². The summed E-state index contributed by atoms with van der Waals surface area (Å²) in [5.41, 5.74) is 0.861. The molecule has 0 spiro atoms. The monoisotopic (exact) mass is 364 g/mol. The minimum Gasteiger partial charge on any atom is -0.491 e. The number of rotatable bonds is 9. The van der Waals surface area contributed by atoms with Crippen molar-refractivity contribution in [2.24, 2.45) is 0 Å². The Labute approximate surface area is 152 Å². The van der Waals surface area contributed by atoms with Gasteiger partial charge in [-0.15, -0.1) is 0 Å². The van der Waals surface area contributed by atoms with Crippen LogP contribution in [-0.4, -0.2) is 37.0 Å². The van der Waals surface area contributed by atoms with Crippen molar-refractivity contribution >= 4 is 17.5 Å². The van der Waals surface area contributed by atoms with Gasteiger partial charge in [0.1, 0.15) is 18.2 Å². The molecule has 0 radical (unpaired) electrons. The van der Waals surface area contributed by atoms with Crippen molar-refractivity contribution in [2.75, 3.05) is 26.2 Å². The zero-order chi connectivity index (χ0) is 18.1. The fourth-order valence-corrected chi connectivity index (χ4v) is 2.45. The van der Waals surface area contributed by atoms with Gasteiger partial charge in [0.05, 0.1) is 11.6 Å². The van der Waals surface area contributed by atoms with Gasteiger partial charge >= 0.3 is 0 Å². The number of amides is 1. The number of hydrogen-bond donors (Lipinski definition) is 1. The van der Waals surface area contributed by atoms with Crippen LogP contribution in [0.4, 0.5) is 4.39 Å². The Balaban J connectivity index is 1.72. The first-order valence-electron chi connectivity index (χ1n) is 8.19. The third-order valence-electron chi connectivity index (χ3n) is 3.72. The van der Waals surface area contributed by atoms with Crippen molar-refractivity contribution in [1.82, 2.24) is 10.2 Å². The highest BCUT2D eigenvalue weighted by Crippen LogP contribution is 2.22. The van der Waals surface area contributed by atoms with Gasteiger partial charge in [-0.25, -0.2) is 4.39 Å². The highest BCUT2D eigenvalue weighted by atomic mass is 35.5. The predicted molar refractivity (Wildman–Crippen MR) is 97.3 cm³/mol. The lowest BCUT2D eigenvalue weighted by Gasteiger charge is -2.20. The number of carbonyl (C=O) groups excluding carboxylic acids is 1. The summed E-state index contributed by atoms with van der Waals surface area (Å²) < 4.78 is 18.5. The first-order chi connectivity index (χ1) is 12.1. The van der Waals surface area contributed by atoms with Crippen LogP contribution in [0, 0.1) is 5.82 Å². The van der Waals surface area contributed by atoms with Gasteiger partial charge < -0.3 is 10.1 Å². The van der Waals surface area contributed by atoms with Crippen molar-refractivity contribution in [2.45, 2.75) is 13.5 Å². The van der Waals surface area contributed by atoms with E-state index in [4.69, 9.17) is 16.3 Å². The van der Waals surface area contributed by atoms with Crippen molar-refractivity contribution in [3.8, 4) is 5.75 Å². The van der Waals surface area contributed by atoms with E-state index in [9.17, 15) is 9.18 Å². The molecule has 6 heteroatoms. The molecule has 0 aromatic heterocycles. The molecular weight excluding hydrogens is 343 g/mol. The number of hydrogen-bond acceptors (Lipinski definition) is 3. The number of halogens is 2. The summed E-state index contributed by atoms with van der Waals surface area (Å²) in [5.74, 6) is 0.274. The fraction of sp³-hybridized carbons (Fsp3) is 0.316. The summed E-state index contributed by atoms with van der Waals surface area (Å²) in [4.78, 5) is 14.0. The topological polar surface area (TPSA) is 41.6 Å². The number of nitrogens with zero attached hydrogens (tertiary/aromatic N) is 1. The van der Waals surface area contributed by atoms with Crippen LogP contribution in [0.15, 0.2) is 48.5 Å². The van der Waals surface area contributed by atoms with E-state index in [2.05, 4.69) is 5.32 Å². The zero-order valence-corrected chi connectivity index (χ0v) is 14.9. The minimum atomic E-state index is -0.286. The highest BCUT2D eigenvalue weighted by molar-refractivity contribution is 6.32. The van der Waals surface area contributed by atoms with Gasteiger partial charge in [0, 0.05) is 13.1 Å². The first kappa shape index (κ1) is 19.2. The van der Waals surface area contributed by atoms with Gasteiger partial charge in [0.25, 0.3) is 0 Å². The number of nitrogens with one attached hydrogen (secondary N) is 1. The Morgan fingerprint density at radius 3 is 2.60 bits per heavy atom. The molecule has 0 aliphatic heterocycles. The third-order valence-corrected chi connectivity index (χ3v) is 4.03. The molecule has 0 bridgehead atoms. The Kier molecular flexibility index (Phi) is 7.70. The molecule has 2 aromatic rings. The van der Waals surface area contributed by atoms with E-state index in [1.54, 1.807) is 18.2 Å². The van der Waals surface area contributed by atoms with E-state index in [1.807, 2.05) is 30.0 Å². The maximum Gasteiger partial charge on any atom is 0.234 e. The lowest BCUT2D eigenvalue weighted by atomic mass is 10.2. The van der Waals surface area contributed by atoms with Gasteiger partial charge in [-0.1, -0.05) is 42.8 Å². The summed E-state index contributed by atoms with van der Waals surface area (Å²) in [6, 6.07) is 13.4. The molecule has 4 nitrogen and oxygen atoms in total.